The fourth-order valence-electron chi connectivity index (χ4n) is 1.64. The fraction of sp³-hybridized carbons (Fsp3) is 0.455. The average Bonchev–Trinajstić information content (AvgIpc) is 2.37. The van der Waals surface area contributed by atoms with E-state index in [0.717, 1.165) is 0 Å². The van der Waals surface area contributed by atoms with Gasteiger partial charge in [0.05, 0.1) is 37.0 Å². The topological polar surface area (TPSA) is 96.1 Å². The highest BCUT2D eigenvalue weighted by molar-refractivity contribution is 5.62. The summed E-state index contributed by atoms with van der Waals surface area (Å²) in [5, 5.41) is 28.6. The van der Waals surface area contributed by atoms with Crippen LogP contribution in [-0.2, 0) is 0 Å². The van der Waals surface area contributed by atoms with Gasteiger partial charge in [0.2, 0.25) is 0 Å². The van der Waals surface area contributed by atoms with Crippen LogP contribution < -0.4 is 9.64 Å². The lowest BCUT2D eigenvalue weighted by molar-refractivity contribution is -0.384. The van der Waals surface area contributed by atoms with Crippen molar-refractivity contribution < 1.29 is 19.9 Å². The van der Waals surface area contributed by atoms with E-state index in [1.165, 1.54) is 19.2 Å². The number of hydrogen-bond donors (Lipinski definition) is 2. The Balaban J connectivity index is 3.09. The number of benzene rings is 1. The molecule has 0 saturated heterocycles. The number of rotatable bonds is 7. The largest absolute Gasteiger partial charge is 0.494 e. The minimum Gasteiger partial charge on any atom is -0.494 e. The van der Waals surface area contributed by atoms with Gasteiger partial charge in [0.25, 0.3) is 5.69 Å². The van der Waals surface area contributed by atoms with Crippen LogP contribution in [0, 0.1) is 10.1 Å². The zero-order valence-electron chi connectivity index (χ0n) is 10.1. The minimum atomic E-state index is -0.505. The maximum Gasteiger partial charge on any atom is 0.273 e. The second-order valence-corrected chi connectivity index (χ2v) is 3.55. The molecular formula is C11H16N2O5. The van der Waals surface area contributed by atoms with Gasteiger partial charge in [-0.1, -0.05) is 0 Å². The van der Waals surface area contributed by atoms with Gasteiger partial charge in [0.15, 0.2) is 0 Å². The van der Waals surface area contributed by atoms with Gasteiger partial charge in [0.1, 0.15) is 5.75 Å². The summed E-state index contributed by atoms with van der Waals surface area (Å²) in [6.07, 6.45) is 0. The number of nitro benzene ring substituents is 1. The molecule has 0 radical (unpaired) electrons. The molecule has 0 aromatic heterocycles. The molecule has 100 valence electrons. The third kappa shape index (κ3) is 3.31. The maximum atomic E-state index is 10.7. The molecule has 1 rings (SSSR count). The van der Waals surface area contributed by atoms with Crippen molar-refractivity contribution in [2.45, 2.75) is 0 Å². The summed E-state index contributed by atoms with van der Waals surface area (Å²) in [4.78, 5) is 11.8. The SMILES string of the molecule is COc1cc([N+](=O)[O-])ccc1N(CCO)CCO. The van der Waals surface area contributed by atoms with Gasteiger partial charge in [-0.05, 0) is 6.07 Å². The molecule has 18 heavy (non-hydrogen) atoms. The highest BCUT2D eigenvalue weighted by Crippen LogP contribution is 2.31. The van der Waals surface area contributed by atoms with E-state index in [1.807, 2.05) is 0 Å². The molecule has 7 nitrogen and oxygen atoms in total. The average molecular weight is 256 g/mol. The minimum absolute atomic E-state index is 0.0662. The predicted octanol–water partition coefficient (Wildman–Crippen LogP) is 0.394. The quantitative estimate of drug-likeness (QED) is 0.541. The van der Waals surface area contributed by atoms with Crippen LogP contribution >= 0.6 is 0 Å². The number of aliphatic hydroxyl groups excluding tert-OH is 2. The molecule has 1 aromatic carbocycles. The first-order chi connectivity index (χ1) is 8.63. The van der Waals surface area contributed by atoms with Gasteiger partial charge >= 0.3 is 0 Å². The number of methoxy groups -OCH3 is 1. The molecule has 0 saturated carbocycles. The lowest BCUT2D eigenvalue weighted by Crippen LogP contribution is -2.30. The highest BCUT2D eigenvalue weighted by Gasteiger charge is 2.15. The van der Waals surface area contributed by atoms with Crippen LogP contribution in [0.3, 0.4) is 0 Å². The molecule has 1 aromatic rings. The lowest BCUT2D eigenvalue weighted by Gasteiger charge is -2.24. The van der Waals surface area contributed by atoms with E-state index in [9.17, 15) is 10.1 Å². The Labute approximate surface area is 104 Å². The summed E-state index contributed by atoms with van der Waals surface area (Å²) < 4.78 is 5.10. The van der Waals surface area contributed by atoms with E-state index in [2.05, 4.69) is 0 Å². The van der Waals surface area contributed by atoms with Gasteiger partial charge in [0, 0.05) is 19.2 Å². The first-order valence-corrected chi connectivity index (χ1v) is 5.43. The Morgan fingerprint density at radius 1 is 1.33 bits per heavy atom. The Bertz CT molecular complexity index is 404. The van der Waals surface area contributed by atoms with E-state index >= 15 is 0 Å². The fourth-order valence-corrected chi connectivity index (χ4v) is 1.64. The number of ether oxygens (including phenoxy) is 1. The van der Waals surface area contributed by atoms with Crippen molar-refractivity contribution in [3.63, 3.8) is 0 Å². The van der Waals surface area contributed by atoms with Gasteiger partial charge in [-0.25, -0.2) is 0 Å². The van der Waals surface area contributed by atoms with Crippen molar-refractivity contribution in [3.05, 3.63) is 28.3 Å². The number of non-ortho nitro benzene ring substituents is 1. The second-order valence-electron chi connectivity index (χ2n) is 3.55. The smallest absolute Gasteiger partial charge is 0.273 e. The first-order valence-electron chi connectivity index (χ1n) is 5.43. The molecule has 0 heterocycles. The summed E-state index contributed by atoms with van der Waals surface area (Å²) in [6, 6.07) is 4.22. The van der Waals surface area contributed by atoms with Crippen molar-refractivity contribution in [2.24, 2.45) is 0 Å². The van der Waals surface area contributed by atoms with E-state index < -0.39 is 4.92 Å². The zero-order chi connectivity index (χ0) is 13.5. The number of hydrogen-bond acceptors (Lipinski definition) is 6. The van der Waals surface area contributed by atoms with Gasteiger partial charge < -0.3 is 19.8 Å². The molecule has 0 atom stereocenters. The monoisotopic (exact) mass is 256 g/mol. The van der Waals surface area contributed by atoms with Crippen molar-refractivity contribution in [1.29, 1.82) is 0 Å². The molecule has 0 fully saturated rings. The van der Waals surface area contributed by atoms with Crippen molar-refractivity contribution in [2.75, 3.05) is 38.3 Å². The van der Waals surface area contributed by atoms with E-state index in [4.69, 9.17) is 14.9 Å². The van der Waals surface area contributed by atoms with Crippen LogP contribution in [0.25, 0.3) is 0 Å². The molecule has 0 unspecified atom stereocenters. The molecular weight excluding hydrogens is 240 g/mol. The summed E-state index contributed by atoms with van der Waals surface area (Å²) in [5.41, 5.74) is 0.537. The number of nitro groups is 1. The van der Waals surface area contributed by atoms with Crippen LogP contribution in [0.5, 0.6) is 5.75 Å². The Hall–Kier alpha value is -1.86. The van der Waals surface area contributed by atoms with Crippen molar-refractivity contribution in [1.82, 2.24) is 0 Å². The highest BCUT2D eigenvalue weighted by atomic mass is 16.6. The summed E-state index contributed by atoms with van der Waals surface area (Å²) in [7, 11) is 1.42. The standard InChI is InChI=1S/C11H16N2O5/c1-18-11-8-9(13(16)17)2-3-10(11)12(4-6-14)5-7-15/h2-3,8,14-15H,4-7H2,1H3. The Kier molecular flexibility index (Phi) is 5.34. The summed E-state index contributed by atoms with van der Waals surface area (Å²) in [5.74, 6) is 0.339. The summed E-state index contributed by atoms with van der Waals surface area (Å²) >= 11 is 0. The third-order valence-electron chi connectivity index (χ3n) is 2.45. The zero-order valence-corrected chi connectivity index (χ0v) is 10.1. The molecule has 0 aliphatic rings. The van der Waals surface area contributed by atoms with E-state index in [1.54, 1.807) is 11.0 Å². The van der Waals surface area contributed by atoms with Gasteiger partial charge in [-0.3, -0.25) is 10.1 Å². The van der Waals surface area contributed by atoms with E-state index in [0.29, 0.717) is 24.5 Å². The van der Waals surface area contributed by atoms with Crippen LogP contribution in [0.2, 0.25) is 0 Å². The maximum absolute atomic E-state index is 10.7. The molecule has 0 bridgehead atoms. The first kappa shape index (κ1) is 14.2. The van der Waals surface area contributed by atoms with Gasteiger partial charge in [-0.15, -0.1) is 0 Å². The van der Waals surface area contributed by atoms with Gasteiger partial charge in [-0.2, -0.15) is 0 Å². The molecule has 0 amide bonds. The van der Waals surface area contributed by atoms with Crippen LogP contribution in [0.15, 0.2) is 18.2 Å². The molecule has 0 aliphatic heterocycles. The number of nitrogens with zero attached hydrogens (tertiary/aromatic N) is 2. The third-order valence-corrected chi connectivity index (χ3v) is 2.45. The normalized spacial score (nSPS) is 10.2. The number of aliphatic hydroxyl groups is 2. The molecule has 2 N–H and O–H groups in total. The van der Waals surface area contributed by atoms with Crippen LogP contribution in [0.1, 0.15) is 0 Å². The van der Waals surface area contributed by atoms with Crippen LogP contribution in [-0.4, -0.2) is 48.5 Å². The molecule has 0 aliphatic carbocycles. The second kappa shape index (κ2) is 6.77. The Morgan fingerprint density at radius 2 is 1.94 bits per heavy atom. The molecule has 7 heteroatoms. The van der Waals surface area contributed by atoms with Crippen molar-refractivity contribution >= 4 is 11.4 Å². The van der Waals surface area contributed by atoms with Crippen LogP contribution in [0.4, 0.5) is 11.4 Å². The summed E-state index contributed by atoms with van der Waals surface area (Å²) in [6.45, 7) is 0.462. The lowest BCUT2D eigenvalue weighted by atomic mass is 10.2. The predicted molar refractivity (Wildman–Crippen MR) is 66.0 cm³/mol. The van der Waals surface area contributed by atoms with Crippen molar-refractivity contribution in [3.8, 4) is 5.75 Å². The van der Waals surface area contributed by atoms with E-state index in [-0.39, 0.29) is 18.9 Å². The number of anilines is 1. The Morgan fingerprint density at radius 3 is 2.39 bits per heavy atom. The molecule has 0 spiro atoms.